The monoisotopic (exact) mass is 398 g/mol. The Balaban J connectivity index is 4.02. The first-order valence-electron chi connectivity index (χ1n) is 2.97. The van der Waals surface area contributed by atoms with Crippen LogP contribution in [0.3, 0.4) is 0 Å². The van der Waals surface area contributed by atoms with Gasteiger partial charge in [-0.1, -0.05) is 0 Å². The summed E-state index contributed by atoms with van der Waals surface area (Å²) >= 11 is 1.12. The van der Waals surface area contributed by atoms with Gasteiger partial charge in [0.25, 0.3) is 0 Å². The Labute approximate surface area is 119 Å². The molecule has 3 heteroatoms. The minimum atomic E-state index is -0.367. The predicted octanol–water partition coefficient (Wildman–Crippen LogP) is 0.343. The maximum absolute atomic E-state index is 9.46. The summed E-state index contributed by atoms with van der Waals surface area (Å²) in [4.78, 5) is 0. The number of rotatable bonds is 1. The molecule has 0 bridgehead atoms. The molecular weight excluding hydrogens is 388 g/mol. The topological polar surface area (TPSA) is 20.2 Å². The van der Waals surface area contributed by atoms with Crippen LogP contribution in [0.4, 0.5) is 0 Å². The summed E-state index contributed by atoms with van der Waals surface area (Å²) in [7, 11) is 0. The van der Waals surface area contributed by atoms with E-state index in [0.29, 0.717) is 91.9 Å². The van der Waals surface area contributed by atoms with Gasteiger partial charge in [-0.05, 0) is 0 Å². The van der Waals surface area contributed by atoms with Crippen molar-refractivity contribution in [2.24, 2.45) is 0 Å². The Kier molecular flexibility index (Phi) is 5.28. The van der Waals surface area contributed by atoms with E-state index in [1.54, 1.807) is 0 Å². The summed E-state index contributed by atoms with van der Waals surface area (Å²) in [6.07, 6.45) is 0. The van der Waals surface area contributed by atoms with Crippen LogP contribution in [-0.2, 0) is 0 Å². The van der Waals surface area contributed by atoms with E-state index in [2.05, 4.69) is 6.92 Å². The van der Waals surface area contributed by atoms with Gasteiger partial charge in [0.05, 0.1) is 0 Å². The molecule has 1 N–H and O–H groups in total. The second-order valence-electron chi connectivity index (χ2n) is 3.81. The average Bonchev–Trinajstić information content (AvgIpc) is 1.25. The number of hydrogen-bond donors (Lipinski definition) is 1. The first kappa shape index (κ1) is 11.2. The zero-order valence-corrected chi connectivity index (χ0v) is 19.6. The van der Waals surface area contributed by atoms with Crippen LogP contribution in [0, 0.1) is 42.8 Å². The fourth-order valence-corrected chi connectivity index (χ4v) is 0. The number of aliphatic hydroxyl groups is 1. The Morgan fingerprint density at radius 2 is 1.50 bits per heavy atom. The molecule has 0 heterocycles. The van der Waals surface area contributed by atoms with Crippen molar-refractivity contribution in [3.05, 3.63) is 0 Å². The van der Waals surface area contributed by atoms with E-state index >= 15 is 0 Å². The fourth-order valence-electron chi connectivity index (χ4n) is 0. The standard InChI is InChI=1S/C5H10O.Ra.Rb.H/c1-4-5(2,3)6;;;/h6H,1-3H3;;;. The van der Waals surface area contributed by atoms with Crippen LogP contribution in [0.2, 0.25) is -6.48 Å². The first-order chi connectivity index (χ1) is 3.25. The van der Waals surface area contributed by atoms with E-state index in [-0.39, 0.29) is 5.60 Å². The van der Waals surface area contributed by atoms with E-state index in [1.807, 2.05) is 13.8 Å². The third-order valence-corrected chi connectivity index (χ3v) is 9.87. The normalized spacial score (nSPS) is 20.1. The van der Waals surface area contributed by atoms with Crippen molar-refractivity contribution in [2.75, 3.05) is 0 Å². The molecule has 0 aliphatic heterocycles. The molecule has 0 spiro atoms. The molecular formula is C5H11ORaRb. The summed E-state index contributed by atoms with van der Waals surface area (Å²) in [6.45, 7) is 6.09. The zero-order chi connectivity index (χ0) is 7.00. The molecule has 1 nitrogen and oxygen atoms in total. The van der Waals surface area contributed by atoms with Crippen LogP contribution >= 0.6 is 0 Å². The third kappa shape index (κ3) is 4.18. The van der Waals surface area contributed by atoms with E-state index < -0.39 is 0 Å². The minimum absolute atomic E-state index is 0.367. The molecule has 0 aromatic carbocycles. The Morgan fingerprint density at radius 1 is 1.38 bits per heavy atom. The van der Waals surface area contributed by atoms with Crippen molar-refractivity contribution in [1.29, 1.82) is 0 Å². The van der Waals surface area contributed by atoms with Gasteiger partial charge >= 0.3 is 123 Å². The molecule has 0 saturated carbocycles. The van der Waals surface area contributed by atoms with Crippen molar-refractivity contribution in [2.45, 2.75) is 19.9 Å². The van der Waals surface area contributed by atoms with Crippen molar-refractivity contribution in [3.8, 4) is 0 Å². The van der Waals surface area contributed by atoms with Crippen LogP contribution in [0.1, 0.15) is 20.8 Å². The Bertz CT molecular complexity index is 67.4. The van der Waals surface area contributed by atoms with E-state index in [0.717, 1.165) is 0 Å². The molecule has 0 amide bonds. The van der Waals surface area contributed by atoms with Crippen LogP contribution in [-0.4, -0.2) is 66.2 Å². The molecule has 0 aromatic heterocycles. The summed E-state index contributed by atoms with van der Waals surface area (Å²) in [5.41, 5.74) is -0.367. The molecule has 1 atom stereocenters. The molecule has 0 radical (unpaired) electrons. The van der Waals surface area contributed by atoms with Gasteiger partial charge in [0.1, 0.15) is 0 Å². The van der Waals surface area contributed by atoms with Crippen molar-refractivity contribution in [1.82, 2.24) is 0 Å². The van der Waals surface area contributed by atoms with Gasteiger partial charge in [0.2, 0.25) is 0 Å². The summed E-state index contributed by atoms with van der Waals surface area (Å²) in [5, 5.41) is 9.46. The van der Waals surface area contributed by atoms with Crippen LogP contribution in [0.25, 0.3) is 0 Å². The predicted molar refractivity (Wildman–Crippen MR) is 31.8 cm³/mol. The quantitative estimate of drug-likeness (QED) is 0.676. The Hall–Kier alpha value is 3.23. The zero-order valence-electron chi connectivity index (χ0n) is 6.45. The fraction of sp³-hybridized carbons (Fsp3) is 1.00. The molecule has 0 aliphatic carbocycles. The second kappa shape index (κ2) is 3.76. The first-order valence-corrected chi connectivity index (χ1v) is 9.54. The van der Waals surface area contributed by atoms with Gasteiger partial charge in [-0.3, -0.25) is 0 Å². The van der Waals surface area contributed by atoms with Gasteiger partial charge in [-0.15, -0.1) is 0 Å². The molecule has 0 saturated heterocycles. The van der Waals surface area contributed by atoms with E-state index in [1.165, 1.54) is 0 Å². The van der Waals surface area contributed by atoms with Gasteiger partial charge < -0.3 is 0 Å². The van der Waals surface area contributed by atoms with Gasteiger partial charge in [-0.25, -0.2) is 0 Å². The van der Waals surface area contributed by atoms with Crippen molar-refractivity contribution in [3.63, 3.8) is 0 Å². The van der Waals surface area contributed by atoms with Crippen LogP contribution in [0.5, 0.6) is 0 Å². The Morgan fingerprint density at radius 3 is 1.50 bits per heavy atom. The summed E-state index contributed by atoms with van der Waals surface area (Å²) in [6, 6.07) is 0. The van der Waals surface area contributed by atoms with Gasteiger partial charge in [0, 0.05) is 0 Å². The molecule has 1 unspecified atom stereocenters. The SMILES string of the molecule is CC(C)(O)[C](C)([Rb])[RaH]. The molecule has 40 valence electrons. The van der Waals surface area contributed by atoms with Crippen LogP contribution in [0.15, 0.2) is 0 Å². The van der Waals surface area contributed by atoms with Crippen LogP contribution < -0.4 is 0 Å². The summed E-state index contributed by atoms with van der Waals surface area (Å²) < 4.78 is 0.433. The van der Waals surface area contributed by atoms with Gasteiger partial charge in [0.15, 0.2) is 0 Å². The molecule has 0 fully saturated rings. The van der Waals surface area contributed by atoms with Crippen molar-refractivity contribution >= 4 is 55.5 Å². The summed E-state index contributed by atoms with van der Waals surface area (Å²) in [5.74, 6) is 0. The number of hydrogen-bond acceptors (Lipinski definition) is 1. The molecule has 0 aromatic rings. The second-order valence-corrected chi connectivity index (χ2v) is 40.4. The molecule has 8 heavy (non-hydrogen) atoms. The average molecular weight is 399 g/mol. The maximum atomic E-state index is 9.46. The van der Waals surface area contributed by atoms with Gasteiger partial charge in [-0.2, -0.15) is 0 Å². The third-order valence-electron chi connectivity index (χ3n) is 1.84. The van der Waals surface area contributed by atoms with Crippen molar-refractivity contribution < 1.29 is 47.9 Å². The molecule has 0 rings (SSSR count). The molecule has 0 aliphatic rings. The van der Waals surface area contributed by atoms with E-state index in [4.69, 9.17) is 0 Å². The van der Waals surface area contributed by atoms with E-state index in [9.17, 15) is 5.11 Å².